The molecule has 0 saturated heterocycles. The molecular weight excluding hydrogens is 240 g/mol. The van der Waals surface area contributed by atoms with E-state index >= 15 is 0 Å². The predicted molar refractivity (Wildman–Crippen MR) is 75.5 cm³/mol. The summed E-state index contributed by atoms with van der Waals surface area (Å²) in [4.78, 5) is 3.99. The normalized spacial score (nSPS) is 12.6. The molecule has 1 atom stereocenters. The van der Waals surface area contributed by atoms with Gasteiger partial charge in [-0.25, -0.2) is 9.67 Å². The third-order valence-electron chi connectivity index (χ3n) is 3.06. The minimum Gasteiger partial charge on any atom is -0.383 e. The van der Waals surface area contributed by atoms with Crippen LogP contribution in [0.2, 0.25) is 0 Å². The minimum atomic E-state index is 0.259. The van der Waals surface area contributed by atoms with Gasteiger partial charge in [0, 0.05) is 7.11 Å². The number of ether oxygens (including phenoxy) is 1. The molecule has 5 heteroatoms. The lowest BCUT2D eigenvalue weighted by Gasteiger charge is -2.24. The van der Waals surface area contributed by atoms with E-state index in [-0.39, 0.29) is 6.04 Å². The van der Waals surface area contributed by atoms with E-state index in [2.05, 4.69) is 29.2 Å². The number of para-hydroxylation sites is 2. The van der Waals surface area contributed by atoms with Gasteiger partial charge >= 0.3 is 0 Å². The molecular formula is C14H20N4O. The highest BCUT2D eigenvalue weighted by atomic mass is 16.5. The third-order valence-corrected chi connectivity index (χ3v) is 3.06. The first-order chi connectivity index (χ1) is 9.22. The number of aromatic nitrogens is 3. The molecule has 0 spiro atoms. The Morgan fingerprint density at radius 2 is 2.11 bits per heavy atom. The molecule has 0 fully saturated rings. The smallest absolute Gasteiger partial charge is 0.138 e. The monoisotopic (exact) mass is 260 g/mol. The van der Waals surface area contributed by atoms with E-state index in [1.165, 1.54) is 6.33 Å². The molecule has 2 rings (SSSR count). The minimum absolute atomic E-state index is 0.259. The fraction of sp³-hybridized carbons (Fsp3) is 0.429. The van der Waals surface area contributed by atoms with Crippen LogP contribution in [-0.2, 0) is 4.74 Å². The number of nitrogens with zero attached hydrogens (tertiary/aromatic N) is 3. The molecule has 0 bridgehead atoms. The first kappa shape index (κ1) is 13.5. The maximum atomic E-state index is 5.27. The van der Waals surface area contributed by atoms with Crippen LogP contribution in [0.3, 0.4) is 0 Å². The van der Waals surface area contributed by atoms with E-state index in [4.69, 9.17) is 4.74 Å². The highest BCUT2D eigenvalue weighted by Crippen LogP contribution is 2.21. The van der Waals surface area contributed by atoms with Crippen molar-refractivity contribution in [1.82, 2.24) is 14.8 Å². The number of benzene rings is 1. The topological polar surface area (TPSA) is 52.0 Å². The van der Waals surface area contributed by atoms with Crippen LogP contribution in [0.25, 0.3) is 5.69 Å². The molecule has 2 aromatic rings. The van der Waals surface area contributed by atoms with Gasteiger partial charge in [0.15, 0.2) is 0 Å². The van der Waals surface area contributed by atoms with E-state index < -0.39 is 0 Å². The van der Waals surface area contributed by atoms with Crippen LogP contribution in [0.4, 0.5) is 5.69 Å². The van der Waals surface area contributed by atoms with Gasteiger partial charge in [0.05, 0.1) is 24.0 Å². The Kier molecular flexibility index (Phi) is 4.52. The Bertz CT molecular complexity index is 496. The Labute approximate surface area is 113 Å². The van der Waals surface area contributed by atoms with Crippen LogP contribution in [0, 0.1) is 5.92 Å². The fourth-order valence-corrected chi connectivity index (χ4v) is 1.91. The number of hydrogen-bond acceptors (Lipinski definition) is 4. The lowest BCUT2D eigenvalue weighted by molar-refractivity contribution is 0.171. The quantitative estimate of drug-likeness (QED) is 0.866. The first-order valence-corrected chi connectivity index (χ1v) is 6.42. The summed E-state index contributed by atoms with van der Waals surface area (Å²) in [5.74, 6) is 0.476. The molecule has 0 aliphatic carbocycles. The molecule has 1 N–H and O–H groups in total. The highest BCUT2D eigenvalue weighted by Gasteiger charge is 2.15. The van der Waals surface area contributed by atoms with Crippen molar-refractivity contribution in [2.75, 3.05) is 19.0 Å². The van der Waals surface area contributed by atoms with Gasteiger partial charge in [0.25, 0.3) is 0 Å². The first-order valence-electron chi connectivity index (χ1n) is 6.42. The van der Waals surface area contributed by atoms with E-state index in [9.17, 15) is 0 Å². The summed E-state index contributed by atoms with van der Waals surface area (Å²) in [6.07, 6.45) is 3.23. The summed E-state index contributed by atoms with van der Waals surface area (Å²) in [6.45, 7) is 5.02. The summed E-state index contributed by atoms with van der Waals surface area (Å²) < 4.78 is 7.03. The van der Waals surface area contributed by atoms with Crippen molar-refractivity contribution in [3.8, 4) is 5.69 Å². The van der Waals surface area contributed by atoms with Gasteiger partial charge in [-0.2, -0.15) is 5.10 Å². The van der Waals surface area contributed by atoms with E-state index in [1.54, 1.807) is 18.1 Å². The van der Waals surface area contributed by atoms with E-state index in [1.807, 2.05) is 24.3 Å². The molecule has 0 radical (unpaired) electrons. The molecule has 1 aromatic heterocycles. The van der Waals surface area contributed by atoms with Crippen molar-refractivity contribution in [2.24, 2.45) is 5.92 Å². The number of rotatable bonds is 6. The second-order valence-electron chi connectivity index (χ2n) is 4.81. The van der Waals surface area contributed by atoms with Crippen LogP contribution < -0.4 is 5.32 Å². The largest absolute Gasteiger partial charge is 0.383 e. The SMILES string of the molecule is COCC(Nc1ccccc1-n1cncn1)C(C)C. The molecule has 0 aliphatic rings. The second kappa shape index (κ2) is 6.33. The molecule has 19 heavy (non-hydrogen) atoms. The summed E-state index contributed by atoms with van der Waals surface area (Å²) in [6, 6.07) is 8.31. The van der Waals surface area contributed by atoms with Crippen LogP contribution in [0.5, 0.6) is 0 Å². The average molecular weight is 260 g/mol. The highest BCUT2D eigenvalue weighted by molar-refractivity contribution is 5.60. The molecule has 0 saturated carbocycles. The molecule has 102 valence electrons. The van der Waals surface area contributed by atoms with Crippen molar-refractivity contribution in [2.45, 2.75) is 19.9 Å². The molecule has 1 unspecified atom stereocenters. The second-order valence-corrected chi connectivity index (χ2v) is 4.81. The standard InChI is InChI=1S/C14H20N4O/c1-11(2)13(8-19-3)17-12-6-4-5-7-14(12)18-10-15-9-16-18/h4-7,9-11,13,17H,8H2,1-3H3. The zero-order chi connectivity index (χ0) is 13.7. The summed E-state index contributed by atoms with van der Waals surface area (Å²) in [7, 11) is 1.72. The fourth-order valence-electron chi connectivity index (χ4n) is 1.91. The third kappa shape index (κ3) is 3.32. The van der Waals surface area contributed by atoms with Gasteiger partial charge < -0.3 is 10.1 Å². The average Bonchev–Trinajstić information content (AvgIpc) is 2.92. The van der Waals surface area contributed by atoms with Gasteiger partial charge in [-0.1, -0.05) is 26.0 Å². The van der Waals surface area contributed by atoms with Gasteiger partial charge in [-0.05, 0) is 18.1 Å². The number of anilines is 1. The van der Waals surface area contributed by atoms with Crippen molar-refractivity contribution in [3.05, 3.63) is 36.9 Å². The molecule has 1 heterocycles. The van der Waals surface area contributed by atoms with Crippen molar-refractivity contribution >= 4 is 5.69 Å². The van der Waals surface area contributed by atoms with Gasteiger partial charge in [0.2, 0.25) is 0 Å². The zero-order valence-electron chi connectivity index (χ0n) is 11.6. The van der Waals surface area contributed by atoms with E-state index in [0.29, 0.717) is 12.5 Å². The van der Waals surface area contributed by atoms with Gasteiger partial charge in [-0.3, -0.25) is 0 Å². The summed E-state index contributed by atoms with van der Waals surface area (Å²) in [5, 5.41) is 7.70. The lowest BCUT2D eigenvalue weighted by atomic mass is 10.0. The predicted octanol–water partition coefficient (Wildman–Crippen LogP) is 2.35. The Morgan fingerprint density at radius 3 is 2.74 bits per heavy atom. The van der Waals surface area contributed by atoms with Crippen molar-refractivity contribution in [3.63, 3.8) is 0 Å². The van der Waals surface area contributed by atoms with Crippen molar-refractivity contribution in [1.29, 1.82) is 0 Å². The maximum absolute atomic E-state index is 5.27. The van der Waals surface area contributed by atoms with Crippen LogP contribution in [-0.4, -0.2) is 34.5 Å². The molecule has 1 aromatic carbocycles. The van der Waals surface area contributed by atoms with Gasteiger partial charge in [0.1, 0.15) is 12.7 Å². The Hall–Kier alpha value is -1.88. The maximum Gasteiger partial charge on any atom is 0.138 e. The van der Waals surface area contributed by atoms with Crippen molar-refractivity contribution < 1.29 is 4.74 Å². The van der Waals surface area contributed by atoms with Gasteiger partial charge in [-0.15, -0.1) is 0 Å². The number of methoxy groups -OCH3 is 1. The molecule has 0 amide bonds. The molecule has 0 aliphatic heterocycles. The number of nitrogens with one attached hydrogen (secondary N) is 1. The van der Waals surface area contributed by atoms with Crippen LogP contribution >= 0.6 is 0 Å². The Morgan fingerprint density at radius 1 is 1.32 bits per heavy atom. The van der Waals surface area contributed by atoms with Crippen LogP contribution in [0.1, 0.15) is 13.8 Å². The summed E-state index contributed by atoms with van der Waals surface area (Å²) in [5.41, 5.74) is 2.02. The zero-order valence-corrected chi connectivity index (χ0v) is 11.6. The van der Waals surface area contributed by atoms with Crippen LogP contribution in [0.15, 0.2) is 36.9 Å². The lowest BCUT2D eigenvalue weighted by Crippen LogP contribution is -2.30. The Balaban J connectivity index is 2.25. The molecule has 5 nitrogen and oxygen atoms in total. The summed E-state index contributed by atoms with van der Waals surface area (Å²) >= 11 is 0. The number of hydrogen-bond donors (Lipinski definition) is 1. The van der Waals surface area contributed by atoms with E-state index in [0.717, 1.165) is 11.4 Å².